The molecule has 0 aliphatic carbocycles. The van der Waals surface area contributed by atoms with Crippen LogP contribution in [0.3, 0.4) is 0 Å². The number of nitrogens with one attached hydrogen (secondary N) is 1. The maximum absolute atomic E-state index is 10.7. The number of hydrogen-bond acceptors (Lipinski definition) is 4. The van der Waals surface area contributed by atoms with Gasteiger partial charge in [-0.25, -0.2) is 0 Å². The molecule has 0 aliphatic rings. The van der Waals surface area contributed by atoms with E-state index in [2.05, 4.69) is 18.3 Å². The lowest BCUT2D eigenvalue weighted by Crippen LogP contribution is -2.05. The van der Waals surface area contributed by atoms with E-state index in [1.165, 1.54) is 10.9 Å². The number of rotatable bonds is 4. The van der Waals surface area contributed by atoms with Crippen molar-refractivity contribution in [2.75, 3.05) is 5.32 Å². The van der Waals surface area contributed by atoms with Crippen LogP contribution in [0.1, 0.15) is 17.8 Å². The van der Waals surface area contributed by atoms with E-state index in [9.17, 15) is 10.1 Å². The van der Waals surface area contributed by atoms with Gasteiger partial charge in [-0.05, 0) is 53.1 Å². The predicted molar refractivity (Wildman–Crippen MR) is 82.2 cm³/mol. The summed E-state index contributed by atoms with van der Waals surface area (Å²) >= 11 is 3.67. The van der Waals surface area contributed by atoms with Crippen molar-refractivity contribution in [2.24, 2.45) is 0 Å². The molecule has 6 heteroatoms. The maximum atomic E-state index is 10.7. The smallest absolute Gasteiger partial charge is 0.282 e. The second-order valence-corrected chi connectivity index (χ2v) is 5.95. The van der Waals surface area contributed by atoms with Crippen molar-refractivity contribution in [1.29, 1.82) is 0 Å². The molecule has 94 valence electrons. The summed E-state index contributed by atoms with van der Waals surface area (Å²) in [7, 11) is 0. The molecule has 1 N–H and O–H groups in total. The standard InChI is InChI=1S/C12H11IN2O2S/c1-8(12-3-2-6-18-12)14-9-4-5-11(15(16)17)10(13)7-9/h2-8,14H,1H3. The Labute approximate surface area is 122 Å². The molecule has 0 spiro atoms. The topological polar surface area (TPSA) is 55.2 Å². The lowest BCUT2D eigenvalue weighted by Gasteiger charge is -2.13. The van der Waals surface area contributed by atoms with Gasteiger partial charge in [0.25, 0.3) is 5.69 Å². The van der Waals surface area contributed by atoms with E-state index in [4.69, 9.17) is 0 Å². The van der Waals surface area contributed by atoms with Crippen LogP contribution in [0.5, 0.6) is 0 Å². The molecule has 1 aromatic heterocycles. The van der Waals surface area contributed by atoms with E-state index in [-0.39, 0.29) is 16.7 Å². The molecule has 0 saturated heterocycles. The molecule has 1 aromatic carbocycles. The van der Waals surface area contributed by atoms with E-state index in [1.807, 2.05) is 34.0 Å². The van der Waals surface area contributed by atoms with Gasteiger partial charge in [-0.3, -0.25) is 10.1 Å². The number of nitro groups is 1. The van der Waals surface area contributed by atoms with Gasteiger partial charge in [-0.1, -0.05) is 6.07 Å². The Kier molecular flexibility index (Phi) is 4.18. The summed E-state index contributed by atoms with van der Waals surface area (Å²) in [6.45, 7) is 2.07. The van der Waals surface area contributed by atoms with Crippen LogP contribution in [0.15, 0.2) is 35.7 Å². The maximum Gasteiger partial charge on any atom is 0.282 e. The Hall–Kier alpha value is -1.15. The average Bonchev–Trinajstić information content (AvgIpc) is 2.81. The fourth-order valence-corrected chi connectivity index (χ4v) is 3.05. The van der Waals surface area contributed by atoms with Crippen molar-refractivity contribution in [3.05, 3.63) is 54.3 Å². The highest BCUT2D eigenvalue weighted by Gasteiger charge is 2.13. The Bertz CT molecular complexity index is 557. The number of nitrogens with zero attached hydrogens (tertiary/aromatic N) is 1. The first-order valence-corrected chi connectivity index (χ1v) is 7.27. The molecule has 1 heterocycles. The first kappa shape index (κ1) is 13.3. The van der Waals surface area contributed by atoms with E-state index < -0.39 is 0 Å². The second-order valence-electron chi connectivity index (χ2n) is 3.80. The molecule has 0 fully saturated rings. The van der Waals surface area contributed by atoms with Crippen molar-refractivity contribution in [1.82, 2.24) is 0 Å². The zero-order chi connectivity index (χ0) is 13.1. The van der Waals surface area contributed by atoms with Crippen LogP contribution < -0.4 is 5.32 Å². The Morgan fingerprint density at radius 2 is 2.22 bits per heavy atom. The van der Waals surface area contributed by atoms with Gasteiger partial charge < -0.3 is 5.32 Å². The SMILES string of the molecule is CC(Nc1ccc([N+](=O)[O-])c(I)c1)c1cccs1. The summed E-state index contributed by atoms with van der Waals surface area (Å²) in [6, 6.07) is 9.34. The molecule has 2 aromatic rings. The minimum absolute atomic E-state index is 0.143. The van der Waals surface area contributed by atoms with Crippen molar-refractivity contribution in [2.45, 2.75) is 13.0 Å². The summed E-state index contributed by atoms with van der Waals surface area (Å²) in [5.41, 5.74) is 1.04. The van der Waals surface area contributed by atoms with E-state index in [0.29, 0.717) is 3.57 Å². The van der Waals surface area contributed by atoms with E-state index in [1.54, 1.807) is 23.5 Å². The first-order chi connectivity index (χ1) is 8.58. The summed E-state index contributed by atoms with van der Waals surface area (Å²) in [5, 5.41) is 16.1. The zero-order valence-electron chi connectivity index (χ0n) is 9.59. The molecule has 0 bridgehead atoms. The van der Waals surface area contributed by atoms with Gasteiger partial charge in [0, 0.05) is 16.6 Å². The number of nitro benzene ring substituents is 1. The lowest BCUT2D eigenvalue weighted by molar-refractivity contribution is -0.385. The van der Waals surface area contributed by atoms with Crippen LogP contribution in [0.4, 0.5) is 11.4 Å². The summed E-state index contributed by atoms with van der Waals surface area (Å²) in [5.74, 6) is 0. The van der Waals surface area contributed by atoms with Crippen molar-refractivity contribution >= 4 is 45.3 Å². The molecule has 0 amide bonds. The third-order valence-corrected chi connectivity index (χ3v) is 4.42. The first-order valence-electron chi connectivity index (χ1n) is 5.32. The fourth-order valence-electron chi connectivity index (χ4n) is 1.60. The van der Waals surface area contributed by atoms with E-state index >= 15 is 0 Å². The van der Waals surface area contributed by atoms with Crippen molar-refractivity contribution in [3.8, 4) is 0 Å². The number of anilines is 1. The van der Waals surface area contributed by atoms with E-state index in [0.717, 1.165) is 5.69 Å². The van der Waals surface area contributed by atoms with Crippen LogP contribution >= 0.6 is 33.9 Å². The highest BCUT2D eigenvalue weighted by Crippen LogP contribution is 2.27. The van der Waals surface area contributed by atoms with Gasteiger partial charge in [0.2, 0.25) is 0 Å². The molecule has 0 radical (unpaired) electrons. The number of hydrogen-bond donors (Lipinski definition) is 1. The third-order valence-electron chi connectivity index (χ3n) is 2.50. The highest BCUT2D eigenvalue weighted by atomic mass is 127. The molecular formula is C12H11IN2O2S. The molecule has 18 heavy (non-hydrogen) atoms. The van der Waals surface area contributed by atoms with Gasteiger partial charge in [-0.2, -0.15) is 0 Å². The summed E-state index contributed by atoms with van der Waals surface area (Å²) in [6.07, 6.45) is 0. The van der Waals surface area contributed by atoms with Gasteiger partial charge in [0.15, 0.2) is 0 Å². The van der Waals surface area contributed by atoms with Crippen LogP contribution in [-0.2, 0) is 0 Å². The molecule has 2 rings (SSSR count). The van der Waals surface area contributed by atoms with Gasteiger partial charge >= 0.3 is 0 Å². The van der Waals surface area contributed by atoms with Crippen molar-refractivity contribution < 1.29 is 4.92 Å². The minimum atomic E-state index is -0.367. The average molecular weight is 374 g/mol. The normalized spacial score (nSPS) is 12.1. The zero-order valence-corrected chi connectivity index (χ0v) is 12.6. The van der Waals surface area contributed by atoms with Gasteiger partial charge in [0.1, 0.15) is 0 Å². The molecule has 0 saturated carbocycles. The minimum Gasteiger partial charge on any atom is -0.378 e. The van der Waals surface area contributed by atoms with Gasteiger partial charge in [-0.15, -0.1) is 11.3 Å². The summed E-state index contributed by atoms with van der Waals surface area (Å²) in [4.78, 5) is 11.6. The number of benzene rings is 1. The molecular weight excluding hydrogens is 363 g/mol. The van der Waals surface area contributed by atoms with Crippen LogP contribution in [0.2, 0.25) is 0 Å². The van der Waals surface area contributed by atoms with Crippen molar-refractivity contribution in [3.63, 3.8) is 0 Å². The second kappa shape index (κ2) is 5.66. The quantitative estimate of drug-likeness (QED) is 0.489. The molecule has 0 aliphatic heterocycles. The monoisotopic (exact) mass is 374 g/mol. The number of thiophene rings is 1. The molecule has 1 atom stereocenters. The Morgan fingerprint density at radius 1 is 1.44 bits per heavy atom. The highest BCUT2D eigenvalue weighted by molar-refractivity contribution is 14.1. The Balaban J connectivity index is 2.15. The fraction of sp³-hybridized carbons (Fsp3) is 0.167. The lowest BCUT2D eigenvalue weighted by atomic mass is 10.2. The molecule has 4 nitrogen and oxygen atoms in total. The third kappa shape index (κ3) is 2.99. The van der Waals surface area contributed by atoms with Crippen LogP contribution in [0, 0.1) is 13.7 Å². The Morgan fingerprint density at radius 3 is 2.78 bits per heavy atom. The van der Waals surface area contributed by atoms with Gasteiger partial charge in [0.05, 0.1) is 14.5 Å². The summed E-state index contributed by atoms with van der Waals surface area (Å²) < 4.78 is 0.640. The van der Waals surface area contributed by atoms with Crippen LogP contribution in [-0.4, -0.2) is 4.92 Å². The largest absolute Gasteiger partial charge is 0.378 e. The number of halogens is 1. The molecule has 1 unspecified atom stereocenters. The predicted octanol–water partition coefficient (Wildman–Crippen LogP) is 4.43. The van der Waals surface area contributed by atoms with Crippen LogP contribution in [0.25, 0.3) is 0 Å².